The third-order valence-corrected chi connectivity index (χ3v) is 9.25. The molecule has 226 valence electrons. The highest BCUT2D eigenvalue weighted by Crippen LogP contribution is 2.42. The van der Waals surface area contributed by atoms with Gasteiger partial charge >= 0.3 is 0 Å². The molecule has 1 heterocycles. The summed E-state index contributed by atoms with van der Waals surface area (Å²) in [6, 6.07) is 66.9. The Morgan fingerprint density at radius 2 is 0.938 bits per heavy atom. The Kier molecular flexibility index (Phi) is 6.84. The lowest BCUT2D eigenvalue weighted by molar-refractivity contribution is 0.673. The zero-order valence-corrected chi connectivity index (χ0v) is 26.3. The molecule has 0 aliphatic rings. The van der Waals surface area contributed by atoms with Crippen LogP contribution in [-0.2, 0) is 0 Å². The van der Waals surface area contributed by atoms with Gasteiger partial charge in [-0.3, -0.25) is 0 Å². The normalized spacial score (nSPS) is 11.3. The molecule has 9 rings (SSSR count). The molecule has 0 unspecified atom stereocenters. The van der Waals surface area contributed by atoms with Crippen LogP contribution in [-0.4, -0.2) is 0 Å². The molecule has 0 bridgehead atoms. The van der Waals surface area contributed by atoms with Crippen molar-refractivity contribution in [3.8, 4) is 33.4 Å². The van der Waals surface area contributed by atoms with E-state index >= 15 is 0 Å². The van der Waals surface area contributed by atoms with Crippen LogP contribution in [0.15, 0.2) is 192 Å². The van der Waals surface area contributed by atoms with E-state index in [1.54, 1.807) is 0 Å². The van der Waals surface area contributed by atoms with Crippen LogP contribution in [0.1, 0.15) is 0 Å². The summed E-state index contributed by atoms with van der Waals surface area (Å²) in [5, 5.41) is 4.61. The van der Waals surface area contributed by atoms with Crippen molar-refractivity contribution in [3.63, 3.8) is 0 Å². The maximum Gasteiger partial charge on any atom is 0.143 e. The predicted octanol–water partition coefficient (Wildman–Crippen LogP) is 13.2. The number of benzene rings is 8. The van der Waals surface area contributed by atoms with Crippen molar-refractivity contribution in [1.82, 2.24) is 0 Å². The second kappa shape index (κ2) is 11.8. The molecule has 0 atom stereocenters. The first-order valence-corrected chi connectivity index (χ1v) is 16.3. The molecular weight excluding hydrogens is 583 g/mol. The molecule has 0 N–H and O–H groups in total. The summed E-state index contributed by atoms with van der Waals surface area (Å²) >= 11 is 0. The van der Waals surface area contributed by atoms with Crippen molar-refractivity contribution >= 4 is 49.8 Å². The van der Waals surface area contributed by atoms with E-state index in [9.17, 15) is 0 Å². The van der Waals surface area contributed by atoms with Crippen LogP contribution < -0.4 is 4.90 Å². The highest BCUT2D eigenvalue weighted by molar-refractivity contribution is 6.19. The van der Waals surface area contributed by atoms with E-state index in [0.717, 1.165) is 55.5 Å². The minimum absolute atomic E-state index is 0.903. The van der Waals surface area contributed by atoms with Crippen molar-refractivity contribution in [2.45, 2.75) is 0 Å². The molecule has 0 aliphatic heterocycles. The molecule has 2 nitrogen and oxygen atoms in total. The number of fused-ring (bicyclic) bond motifs is 5. The fourth-order valence-corrected chi connectivity index (χ4v) is 6.94. The smallest absolute Gasteiger partial charge is 0.143 e. The summed E-state index contributed by atoms with van der Waals surface area (Å²) in [4.78, 5) is 2.35. The monoisotopic (exact) mass is 613 g/mol. The summed E-state index contributed by atoms with van der Waals surface area (Å²) in [5.41, 5.74) is 12.2. The van der Waals surface area contributed by atoms with Gasteiger partial charge in [0.25, 0.3) is 0 Å². The SMILES string of the molecule is c1ccc(-c2cccc(N(c3ccc(-c4cccc5oc6c7ccccc7ccc6c45)cc3)c3cccc(-c4ccccc4)c3)c2)cc1. The molecule has 0 amide bonds. The average molecular weight is 614 g/mol. The van der Waals surface area contributed by atoms with E-state index < -0.39 is 0 Å². The van der Waals surface area contributed by atoms with Gasteiger partial charge in [0.1, 0.15) is 11.2 Å². The van der Waals surface area contributed by atoms with Gasteiger partial charge in [-0.25, -0.2) is 0 Å². The minimum Gasteiger partial charge on any atom is -0.455 e. The van der Waals surface area contributed by atoms with Crippen LogP contribution >= 0.6 is 0 Å². The number of furan rings is 1. The Morgan fingerprint density at radius 3 is 1.60 bits per heavy atom. The van der Waals surface area contributed by atoms with Gasteiger partial charge in [0.05, 0.1) is 0 Å². The summed E-state index contributed by atoms with van der Waals surface area (Å²) in [6.07, 6.45) is 0. The van der Waals surface area contributed by atoms with E-state index in [4.69, 9.17) is 4.42 Å². The summed E-state index contributed by atoms with van der Waals surface area (Å²) in [5.74, 6) is 0. The average Bonchev–Trinajstić information content (AvgIpc) is 3.56. The van der Waals surface area contributed by atoms with Gasteiger partial charge in [0.2, 0.25) is 0 Å². The molecule has 0 saturated heterocycles. The number of hydrogen-bond acceptors (Lipinski definition) is 2. The van der Waals surface area contributed by atoms with Gasteiger partial charge in [0.15, 0.2) is 0 Å². The molecule has 0 fully saturated rings. The number of anilines is 3. The molecule has 1 aromatic heterocycles. The molecule has 0 spiro atoms. The molecule has 0 saturated carbocycles. The van der Waals surface area contributed by atoms with E-state index in [1.165, 1.54) is 27.6 Å². The zero-order valence-electron chi connectivity index (χ0n) is 26.3. The van der Waals surface area contributed by atoms with E-state index in [1.807, 2.05) is 0 Å². The van der Waals surface area contributed by atoms with Crippen molar-refractivity contribution < 1.29 is 4.42 Å². The topological polar surface area (TPSA) is 16.4 Å². The van der Waals surface area contributed by atoms with E-state index in [0.29, 0.717) is 0 Å². The van der Waals surface area contributed by atoms with Crippen molar-refractivity contribution in [3.05, 3.63) is 188 Å². The first-order chi connectivity index (χ1) is 23.8. The van der Waals surface area contributed by atoms with Crippen LogP contribution in [0.3, 0.4) is 0 Å². The van der Waals surface area contributed by atoms with Crippen LogP contribution in [0.5, 0.6) is 0 Å². The third kappa shape index (κ3) is 4.92. The minimum atomic E-state index is 0.903. The lowest BCUT2D eigenvalue weighted by atomic mass is 9.97. The van der Waals surface area contributed by atoms with E-state index in [2.05, 4.69) is 193 Å². The van der Waals surface area contributed by atoms with Gasteiger partial charge in [-0.05, 0) is 87.3 Å². The lowest BCUT2D eigenvalue weighted by Gasteiger charge is -2.27. The fraction of sp³-hybridized carbons (Fsp3) is 0. The van der Waals surface area contributed by atoms with Crippen LogP contribution in [0, 0.1) is 0 Å². The summed E-state index contributed by atoms with van der Waals surface area (Å²) < 4.78 is 6.49. The van der Waals surface area contributed by atoms with Gasteiger partial charge in [-0.15, -0.1) is 0 Å². The van der Waals surface area contributed by atoms with E-state index in [-0.39, 0.29) is 0 Å². The van der Waals surface area contributed by atoms with Crippen molar-refractivity contribution in [2.75, 3.05) is 4.90 Å². The second-order valence-corrected chi connectivity index (χ2v) is 12.2. The zero-order chi connectivity index (χ0) is 31.9. The quantitative estimate of drug-likeness (QED) is 0.185. The van der Waals surface area contributed by atoms with Gasteiger partial charge in [-0.2, -0.15) is 0 Å². The van der Waals surface area contributed by atoms with Crippen molar-refractivity contribution in [1.29, 1.82) is 0 Å². The third-order valence-electron chi connectivity index (χ3n) is 9.25. The largest absolute Gasteiger partial charge is 0.455 e. The Hall–Kier alpha value is -6.38. The van der Waals surface area contributed by atoms with Gasteiger partial charge in [0, 0.05) is 33.2 Å². The standard InChI is InChI=1S/C46H31NO/c1-3-12-32(13-4-1)36-17-9-19-39(30-36)47(40-20-10-18-37(31-40)33-14-5-2-6-15-33)38-27-24-35(25-28-38)41-22-11-23-44-45(41)43-29-26-34-16-7-8-21-42(34)46(43)48-44/h1-31H. The Labute approximate surface area is 279 Å². The highest BCUT2D eigenvalue weighted by Gasteiger charge is 2.17. The molecular formula is C46H31NO. The number of nitrogens with zero attached hydrogens (tertiary/aromatic N) is 1. The van der Waals surface area contributed by atoms with Crippen LogP contribution in [0.25, 0.3) is 66.1 Å². The summed E-state index contributed by atoms with van der Waals surface area (Å²) in [7, 11) is 0. The first kappa shape index (κ1) is 27.9. The summed E-state index contributed by atoms with van der Waals surface area (Å²) in [6.45, 7) is 0. The van der Waals surface area contributed by atoms with Crippen LogP contribution in [0.2, 0.25) is 0 Å². The number of rotatable bonds is 6. The number of hydrogen-bond donors (Lipinski definition) is 0. The molecule has 8 aromatic carbocycles. The first-order valence-electron chi connectivity index (χ1n) is 16.3. The Morgan fingerprint density at radius 1 is 0.354 bits per heavy atom. The predicted molar refractivity (Wildman–Crippen MR) is 202 cm³/mol. The van der Waals surface area contributed by atoms with Crippen molar-refractivity contribution in [2.24, 2.45) is 0 Å². The maximum absolute atomic E-state index is 6.49. The molecule has 2 heteroatoms. The fourth-order valence-electron chi connectivity index (χ4n) is 6.94. The molecule has 9 aromatic rings. The molecule has 48 heavy (non-hydrogen) atoms. The maximum atomic E-state index is 6.49. The lowest BCUT2D eigenvalue weighted by Crippen LogP contribution is -2.10. The molecule has 0 aliphatic carbocycles. The highest BCUT2D eigenvalue weighted by atomic mass is 16.3. The Bertz CT molecular complexity index is 2460. The van der Waals surface area contributed by atoms with Gasteiger partial charge in [-0.1, -0.05) is 140 Å². The Balaban J connectivity index is 1.18. The van der Waals surface area contributed by atoms with Crippen LogP contribution in [0.4, 0.5) is 17.1 Å². The molecule has 0 radical (unpaired) electrons. The second-order valence-electron chi connectivity index (χ2n) is 12.2. The van der Waals surface area contributed by atoms with Gasteiger partial charge < -0.3 is 9.32 Å².